The first-order valence-corrected chi connectivity index (χ1v) is 13.0. The van der Waals surface area contributed by atoms with E-state index in [1.165, 1.54) is 19.3 Å². The summed E-state index contributed by atoms with van der Waals surface area (Å²) in [5, 5.41) is 23.6. The molecule has 1 aliphatic carbocycles. The van der Waals surface area contributed by atoms with Crippen LogP contribution in [0.5, 0.6) is 0 Å². The Morgan fingerprint density at radius 3 is 2.29 bits per heavy atom. The maximum atomic E-state index is 13.2. The van der Waals surface area contributed by atoms with Gasteiger partial charge in [-0.15, -0.1) is 0 Å². The summed E-state index contributed by atoms with van der Waals surface area (Å²) in [6.45, 7) is 6.74. The van der Waals surface area contributed by atoms with E-state index in [0.29, 0.717) is 38.3 Å². The molecule has 2 fully saturated rings. The van der Waals surface area contributed by atoms with Gasteiger partial charge in [0.25, 0.3) is 0 Å². The number of nitrogens with zero attached hydrogens (tertiary/aromatic N) is 1. The first-order chi connectivity index (χ1) is 16.4. The fourth-order valence-corrected chi connectivity index (χ4v) is 6.70. The van der Waals surface area contributed by atoms with E-state index in [-0.39, 0.29) is 12.2 Å². The normalized spacial score (nSPS) is 29.1. The number of hydrogen-bond donors (Lipinski definition) is 2. The highest BCUT2D eigenvalue weighted by Gasteiger charge is 2.62. The van der Waals surface area contributed by atoms with Crippen LogP contribution in [0, 0.1) is 16.7 Å². The number of carbonyl (C=O) groups is 1. The predicted octanol–water partition coefficient (Wildman–Crippen LogP) is 4.67. The average molecular weight is 464 g/mol. The SMILES string of the molecule is CCCCC(C)CN1CC2(Cc3ccccc3)CC(=O)C[C@]([C@@H](O)Cc3ccccc3)(C1)C2O. The van der Waals surface area contributed by atoms with E-state index < -0.39 is 23.0 Å². The first kappa shape index (κ1) is 25.1. The molecule has 0 aromatic heterocycles. The molecule has 5 atom stereocenters. The third-order valence-electron chi connectivity index (χ3n) is 8.21. The summed E-state index contributed by atoms with van der Waals surface area (Å²) in [5.41, 5.74) is 0.764. The van der Waals surface area contributed by atoms with Crippen molar-refractivity contribution in [3.63, 3.8) is 0 Å². The Hall–Kier alpha value is -2.01. The zero-order valence-electron chi connectivity index (χ0n) is 20.8. The third kappa shape index (κ3) is 5.30. The summed E-state index contributed by atoms with van der Waals surface area (Å²) in [6.07, 6.45) is 3.81. The number of unbranched alkanes of at least 4 members (excludes halogenated alkanes) is 1. The maximum Gasteiger partial charge on any atom is 0.134 e. The second-order valence-corrected chi connectivity index (χ2v) is 11.2. The van der Waals surface area contributed by atoms with Gasteiger partial charge in [0.2, 0.25) is 0 Å². The van der Waals surface area contributed by atoms with Gasteiger partial charge < -0.3 is 15.1 Å². The molecule has 4 nitrogen and oxygen atoms in total. The Morgan fingerprint density at radius 1 is 1.00 bits per heavy atom. The van der Waals surface area contributed by atoms with E-state index in [0.717, 1.165) is 17.7 Å². The number of Topliss-reactive ketones (excluding diaryl/α,β-unsaturated/α-hetero) is 1. The smallest absolute Gasteiger partial charge is 0.134 e. The van der Waals surface area contributed by atoms with Gasteiger partial charge in [0, 0.05) is 43.3 Å². The predicted molar refractivity (Wildman–Crippen MR) is 137 cm³/mol. The molecule has 3 unspecified atom stereocenters. The number of aliphatic hydroxyl groups excluding tert-OH is 2. The minimum atomic E-state index is -0.845. The standard InChI is InChI=1S/C30H41NO3/c1-3-4-11-23(2)20-31-21-29(17-25-14-9-6-10-15-25)18-26(32)19-30(22-31,28(29)34)27(33)16-24-12-7-5-8-13-24/h5-10,12-15,23,27-28,33-34H,3-4,11,16-22H2,1-2H3/t23?,27-,28?,29?,30+/m0/s1. The maximum absolute atomic E-state index is 13.2. The summed E-state index contributed by atoms with van der Waals surface area (Å²) in [5.74, 6) is 0.718. The minimum absolute atomic E-state index is 0.173. The van der Waals surface area contributed by atoms with Gasteiger partial charge in [0.15, 0.2) is 0 Å². The van der Waals surface area contributed by atoms with Crippen molar-refractivity contribution in [2.45, 2.75) is 71.0 Å². The molecule has 1 heterocycles. The van der Waals surface area contributed by atoms with Gasteiger partial charge in [-0.1, -0.05) is 87.4 Å². The second-order valence-electron chi connectivity index (χ2n) is 11.2. The molecular formula is C30H41NO3. The van der Waals surface area contributed by atoms with Gasteiger partial charge in [-0.25, -0.2) is 0 Å². The Balaban J connectivity index is 1.67. The van der Waals surface area contributed by atoms with Crippen molar-refractivity contribution in [1.82, 2.24) is 4.90 Å². The lowest BCUT2D eigenvalue weighted by Gasteiger charge is -2.60. The van der Waals surface area contributed by atoms with Crippen LogP contribution >= 0.6 is 0 Å². The molecule has 2 bridgehead atoms. The van der Waals surface area contributed by atoms with Crippen molar-refractivity contribution in [3.8, 4) is 0 Å². The number of likely N-dealkylation sites (tertiary alicyclic amines) is 1. The summed E-state index contributed by atoms with van der Waals surface area (Å²) < 4.78 is 0. The van der Waals surface area contributed by atoms with Crippen LogP contribution in [-0.4, -0.2) is 52.7 Å². The van der Waals surface area contributed by atoms with Crippen molar-refractivity contribution in [2.75, 3.05) is 19.6 Å². The molecule has 0 amide bonds. The zero-order chi connectivity index (χ0) is 24.2. The largest absolute Gasteiger partial charge is 0.392 e. The van der Waals surface area contributed by atoms with E-state index in [2.05, 4.69) is 30.9 Å². The summed E-state index contributed by atoms with van der Waals surface area (Å²) >= 11 is 0. The highest BCUT2D eigenvalue weighted by molar-refractivity contribution is 5.82. The summed E-state index contributed by atoms with van der Waals surface area (Å²) in [6, 6.07) is 20.2. The quantitative estimate of drug-likeness (QED) is 0.538. The molecule has 2 N–H and O–H groups in total. The Morgan fingerprint density at radius 2 is 1.65 bits per heavy atom. The van der Waals surface area contributed by atoms with Crippen molar-refractivity contribution < 1.29 is 15.0 Å². The minimum Gasteiger partial charge on any atom is -0.392 e. The molecule has 1 aliphatic heterocycles. The summed E-state index contributed by atoms with van der Waals surface area (Å²) in [7, 11) is 0. The van der Waals surface area contributed by atoms with Crippen molar-refractivity contribution in [1.29, 1.82) is 0 Å². The molecule has 0 radical (unpaired) electrons. The molecule has 2 aliphatic rings. The van der Waals surface area contributed by atoms with Crippen LogP contribution in [0.2, 0.25) is 0 Å². The number of piperidine rings is 1. The fourth-order valence-electron chi connectivity index (χ4n) is 6.70. The molecule has 1 saturated carbocycles. The molecule has 184 valence electrons. The van der Waals surface area contributed by atoms with E-state index in [1.807, 2.05) is 48.5 Å². The van der Waals surface area contributed by atoms with Crippen LogP contribution in [0.3, 0.4) is 0 Å². The molecule has 34 heavy (non-hydrogen) atoms. The van der Waals surface area contributed by atoms with Crippen LogP contribution in [0.1, 0.15) is 57.1 Å². The zero-order valence-corrected chi connectivity index (χ0v) is 20.8. The number of ketones is 1. The van der Waals surface area contributed by atoms with Crippen LogP contribution in [0.25, 0.3) is 0 Å². The van der Waals surface area contributed by atoms with E-state index in [4.69, 9.17) is 0 Å². The monoisotopic (exact) mass is 463 g/mol. The number of carbonyl (C=O) groups excluding carboxylic acids is 1. The molecule has 0 spiro atoms. The molecule has 2 aromatic rings. The van der Waals surface area contributed by atoms with Crippen LogP contribution < -0.4 is 0 Å². The number of rotatable bonds is 10. The van der Waals surface area contributed by atoms with Gasteiger partial charge >= 0.3 is 0 Å². The van der Waals surface area contributed by atoms with E-state index in [9.17, 15) is 15.0 Å². The average Bonchev–Trinajstić information content (AvgIpc) is 2.81. The molecular weight excluding hydrogens is 422 g/mol. The number of benzene rings is 2. The Bertz CT molecular complexity index is 933. The lowest BCUT2D eigenvalue weighted by atomic mass is 9.52. The van der Waals surface area contributed by atoms with Crippen LogP contribution in [0.15, 0.2) is 60.7 Å². The van der Waals surface area contributed by atoms with Crippen molar-refractivity contribution >= 4 is 5.78 Å². The first-order valence-electron chi connectivity index (χ1n) is 13.0. The molecule has 4 heteroatoms. The lowest BCUT2D eigenvalue weighted by molar-refractivity contribution is -0.205. The van der Waals surface area contributed by atoms with Gasteiger partial charge in [0.05, 0.1) is 12.2 Å². The molecule has 2 aromatic carbocycles. The van der Waals surface area contributed by atoms with Crippen LogP contribution in [0.4, 0.5) is 0 Å². The van der Waals surface area contributed by atoms with Crippen molar-refractivity contribution in [2.24, 2.45) is 16.7 Å². The molecule has 1 saturated heterocycles. The fraction of sp³-hybridized carbons (Fsp3) is 0.567. The lowest BCUT2D eigenvalue weighted by Crippen LogP contribution is -2.70. The van der Waals surface area contributed by atoms with Gasteiger partial charge in [-0.2, -0.15) is 0 Å². The highest BCUT2D eigenvalue weighted by Crippen LogP contribution is 2.53. The number of aliphatic hydroxyl groups is 2. The van der Waals surface area contributed by atoms with E-state index >= 15 is 0 Å². The summed E-state index contributed by atoms with van der Waals surface area (Å²) in [4.78, 5) is 15.7. The van der Waals surface area contributed by atoms with E-state index in [1.54, 1.807) is 0 Å². The number of fused-ring (bicyclic) bond motifs is 2. The molecule has 4 rings (SSSR count). The number of hydrogen-bond acceptors (Lipinski definition) is 4. The highest BCUT2D eigenvalue weighted by atomic mass is 16.3. The van der Waals surface area contributed by atoms with Crippen molar-refractivity contribution in [3.05, 3.63) is 71.8 Å². The second kappa shape index (κ2) is 10.7. The van der Waals surface area contributed by atoms with Gasteiger partial charge in [-0.3, -0.25) is 4.79 Å². The van der Waals surface area contributed by atoms with Gasteiger partial charge in [0.1, 0.15) is 5.78 Å². The Labute approximate surface area is 205 Å². The van der Waals surface area contributed by atoms with Gasteiger partial charge in [-0.05, 0) is 36.3 Å². The Kier molecular flexibility index (Phi) is 7.91. The topological polar surface area (TPSA) is 60.8 Å². The van der Waals surface area contributed by atoms with Crippen LogP contribution in [-0.2, 0) is 17.6 Å². The third-order valence-corrected chi connectivity index (χ3v) is 8.21.